The Labute approximate surface area is 193 Å². The highest BCUT2D eigenvalue weighted by molar-refractivity contribution is 7.99. The fourth-order valence-electron chi connectivity index (χ4n) is 3.91. The van der Waals surface area contributed by atoms with Crippen LogP contribution in [0.2, 0.25) is 0 Å². The summed E-state index contributed by atoms with van der Waals surface area (Å²) in [5.74, 6) is -1.32. The van der Waals surface area contributed by atoms with Crippen LogP contribution in [0.25, 0.3) is 0 Å². The van der Waals surface area contributed by atoms with Gasteiger partial charge in [0.2, 0.25) is 5.91 Å². The predicted octanol–water partition coefficient (Wildman–Crippen LogP) is 0.862. The molecule has 0 spiro atoms. The van der Waals surface area contributed by atoms with Crippen LogP contribution < -0.4 is 5.32 Å². The van der Waals surface area contributed by atoms with E-state index in [1.807, 2.05) is 0 Å². The highest BCUT2D eigenvalue weighted by Gasteiger charge is 2.50. The zero-order chi connectivity index (χ0) is 23.7. The number of nitrogens with one attached hydrogen (secondary N) is 1. The second kappa shape index (κ2) is 13.0. The molecule has 2 rings (SSSR count). The molecule has 11 heteroatoms. The molecule has 0 saturated carbocycles. The van der Waals surface area contributed by atoms with Gasteiger partial charge in [-0.25, -0.2) is 0 Å². The Morgan fingerprint density at radius 2 is 1.56 bits per heavy atom. The van der Waals surface area contributed by atoms with E-state index in [0.29, 0.717) is 0 Å². The number of nitrogens with zero attached hydrogens (tertiary/aromatic N) is 1. The molecule has 0 aromatic rings. The average Bonchev–Trinajstić information content (AvgIpc) is 2.70. The van der Waals surface area contributed by atoms with Crippen LogP contribution in [0.5, 0.6) is 0 Å². The summed E-state index contributed by atoms with van der Waals surface area (Å²) in [6, 6.07) is -0.749. The number of hydrogen-bond donors (Lipinski definition) is 1. The lowest BCUT2D eigenvalue weighted by molar-refractivity contribution is -0.211. The standard InChI is InChI=1S/C21H34N2O8S/c1-13(24)22-18-20(30-16(4)27)19(29-15(3)26)17(12-28-14(2)25)31-21(18)32-11-10-23-8-6-5-7-9-23/h17-21H,5-12H2,1-4H3,(H,22,24). The minimum absolute atomic E-state index is 0.180. The molecule has 182 valence electrons. The molecule has 0 bridgehead atoms. The van der Waals surface area contributed by atoms with Gasteiger partial charge in [-0.15, -0.1) is 11.8 Å². The van der Waals surface area contributed by atoms with Crippen LogP contribution in [0, 0.1) is 0 Å². The van der Waals surface area contributed by atoms with Crippen molar-refractivity contribution in [3.63, 3.8) is 0 Å². The first-order valence-electron chi connectivity index (χ1n) is 10.9. The summed E-state index contributed by atoms with van der Waals surface area (Å²) >= 11 is 1.48. The van der Waals surface area contributed by atoms with E-state index in [-0.39, 0.29) is 12.5 Å². The zero-order valence-electron chi connectivity index (χ0n) is 19.2. The van der Waals surface area contributed by atoms with Gasteiger partial charge in [-0.1, -0.05) is 6.42 Å². The van der Waals surface area contributed by atoms with Crippen molar-refractivity contribution in [3.05, 3.63) is 0 Å². The number of esters is 3. The van der Waals surface area contributed by atoms with E-state index in [9.17, 15) is 19.2 Å². The number of likely N-dealkylation sites (tertiary alicyclic amines) is 1. The molecule has 2 saturated heterocycles. The third-order valence-electron chi connectivity index (χ3n) is 5.21. The second-order valence-electron chi connectivity index (χ2n) is 7.99. The van der Waals surface area contributed by atoms with Crippen molar-refractivity contribution in [1.82, 2.24) is 10.2 Å². The summed E-state index contributed by atoms with van der Waals surface area (Å²) < 4.78 is 22.2. The molecule has 2 fully saturated rings. The summed E-state index contributed by atoms with van der Waals surface area (Å²) in [6.45, 7) is 7.87. The highest BCUT2D eigenvalue weighted by atomic mass is 32.2. The van der Waals surface area contributed by atoms with E-state index >= 15 is 0 Å². The van der Waals surface area contributed by atoms with E-state index in [4.69, 9.17) is 18.9 Å². The van der Waals surface area contributed by atoms with Gasteiger partial charge in [0.05, 0.1) is 0 Å². The largest absolute Gasteiger partial charge is 0.463 e. The minimum atomic E-state index is -1.05. The van der Waals surface area contributed by atoms with Crippen LogP contribution in [0.1, 0.15) is 47.0 Å². The monoisotopic (exact) mass is 474 g/mol. The van der Waals surface area contributed by atoms with E-state index in [0.717, 1.165) is 25.4 Å². The molecular weight excluding hydrogens is 440 g/mol. The average molecular weight is 475 g/mol. The van der Waals surface area contributed by atoms with Crippen LogP contribution in [-0.2, 0) is 38.1 Å². The molecule has 32 heavy (non-hydrogen) atoms. The molecular formula is C21H34N2O8S. The van der Waals surface area contributed by atoms with Crippen molar-refractivity contribution in [2.45, 2.75) is 76.7 Å². The van der Waals surface area contributed by atoms with Crippen molar-refractivity contribution < 1.29 is 38.1 Å². The molecule has 2 heterocycles. The van der Waals surface area contributed by atoms with E-state index < -0.39 is 47.7 Å². The normalized spacial score (nSPS) is 28.4. The second-order valence-corrected chi connectivity index (χ2v) is 9.20. The quantitative estimate of drug-likeness (QED) is 0.380. The summed E-state index contributed by atoms with van der Waals surface area (Å²) in [5, 5.41) is 2.79. The van der Waals surface area contributed by atoms with Crippen molar-refractivity contribution in [1.29, 1.82) is 0 Å². The van der Waals surface area contributed by atoms with Gasteiger partial charge < -0.3 is 29.2 Å². The molecule has 0 aromatic carbocycles. The van der Waals surface area contributed by atoms with Gasteiger partial charge in [-0.2, -0.15) is 0 Å². The van der Waals surface area contributed by atoms with Crippen molar-refractivity contribution in [3.8, 4) is 0 Å². The SMILES string of the molecule is CC(=O)NC1C(SCCN2CCCCC2)OC(COC(C)=O)C(OC(C)=O)C1OC(C)=O. The Bertz CT molecular complexity index is 670. The maximum absolute atomic E-state index is 11.9. The third kappa shape index (κ3) is 8.59. The van der Waals surface area contributed by atoms with Crippen molar-refractivity contribution in [2.75, 3.05) is 32.0 Å². The van der Waals surface area contributed by atoms with Gasteiger partial charge in [0.1, 0.15) is 24.2 Å². The molecule has 0 aliphatic carbocycles. The third-order valence-corrected chi connectivity index (χ3v) is 6.36. The topological polar surface area (TPSA) is 120 Å². The van der Waals surface area contributed by atoms with Crippen molar-refractivity contribution >= 4 is 35.6 Å². The predicted molar refractivity (Wildman–Crippen MR) is 117 cm³/mol. The molecule has 2 aliphatic rings. The Morgan fingerprint density at radius 3 is 2.12 bits per heavy atom. The lowest BCUT2D eigenvalue weighted by Crippen LogP contribution is -2.65. The Balaban J connectivity index is 2.22. The number of amides is 1. The molecule has 0 aromatic heterocycles. The van der Waals surface area contributed by atoms with Crippen molar-refractivity contribution in [2.24, 2.45) is 0 Å². The first-order chi connectivity index (χ1) is 15.2. The lowest BCUT2D eigenvalue weighted by Gasteiger charge is -2.45. The Kier molecular flexibility index (Phi) is 10.7. The van der Waals surface area contributed by atoms with Gasteiger partial charge in [0.25, 0.3) is 0 Å². The number of ether oxygens (including phenoxy) is 4. The lowest BCUT2D eigenvalue weighted by atomic mass is 9.97. The van der Waals surface area contributed by atoms with E-state index in [1.54, 1.807) is 0 Å². The Hall–Kier alpha value is -1.85. The van der Waals surface area contributed by atoms with Gasteiger partial charge in [0.15, 0.2) is 12.2 Å². The first-order valence-corrected chi connectivity index (χ1v) is 12.0. The summed E-state index contributed by atoms with van der Waals surface area (Å²) in [6.07, 6.45) is 0.710. The summed E-state index contributed by atoms with van der Waals surface area (Å²) in [5.41, 5.74) is -0.597. The molecule has 5 unspecified atom stereocenters. The van der Waals surface area contributed by atoms with Crippen LogP contribution in [0.15, 0.2) is 0 Å². The van der Waals surface area contributed by atoms with Gasteiger partial charge >= 0.3 is 17.9 Å². The zero-order valence-corrected chi connectivity index (χ0v) is 20.0. The van der Waals surface area contributed by atoms with Gasteiger partial charge in [-0.3, -0.25) is 19.2 Å². The summed E-state index contributed by atoms with van der Waals surface area (Å²) in [7, 11) is 0. The number of carbonyl (C=O) groups is 4. The molecule has 1 amide bonds. The number of thioether (sulfide) groups is 1. The van der Waals surface area contributed by atoms with Gasteiger partial charge in [-0.05, 0) is 25.9 Å². The Morgan fingerprint density at radius 1 is 0.938 bits per heavy atom. The fourth-order valence-corrected chi connectivity index (χ4v) is 5.16. The van der Waals surface area contributed by atoms with Gasteiger partial charge in [0, 0.05) is 40.0 Å². The maximum atomic E-state index is 11.9. The molecule has 1 N–H and O–H groups in total. The fraction of sp³-hybridized carbons (Fsp3) is 0.810. The smallest absolute Gasteiger partial charge is 0.303 e. The molecule has 2 aliphatic heterocycles. The maximum Gasteiger partial charge on any atom is 0.303 e. The number of hydrogen-bond acceptors (Lipinski definition) is 10. The van der Waals surface area contributed by atoms with E-state index in [1.165, 1.54) is 58.7 Å². The first kappa shape index (κ1) is 26.4. The molecule has 5 atom stereocenters. The van der Waals surface area contributed by atoms with Crippen LogP contribution in [-0.4, -0.2) is 90.5 Å². The van der Waals surface area contributed by atoms with Crippen LogP contribution in [0.3, 0.4) is 0 Å². The molecule has 0 radical (unpaired) electrons. The highest BCUT2D eigenvalue weighted by Crippen LogP contribution is 2.32. The minimum Gasteiger partial charge on any atom is -0.463 e. The number of carbonyl (C=O) groups excluding carboxylic acids is 4. The van der Waals surface area contributed by atoms with Crippen LogP contribution >= 0.6 is 11.8 Å². The number of piperidine rings is 1. The molecule has 10 nitrogen and oxygen atoms in total. The van der Waals surface area contributed by atoms with E-state index in [2.05, 4.69) is 10.2 Å². The number of rotatable bonds is 9. The summed E-state index contributed by atoms with van der Waals surface area (Å²) in [4.78, 5) is 49.3. The van der Waals surface area contributed by atoms with Crippen LogP contribution in [0.4, 0.5) is 0 Å².